The number of phosphoric acid groups is 1. The molecule has 0 aromatic heterocycles. The molecule has 280 valence electrons. The summed E-state index contributed by atoms with van der Waals surface area (Å²) in [4.78, 5) is 22.5. The molecule has 0 aliphatic carbocycles. The first-order valence-electron chi connectivity index (χ1n) is 19.8. The zero-order chi connectivity index (χ0) is 34.7. The number of aliphatic hydroxyl groups excluding tert-OH is 1. The van der Waals surface area contributed by atoms with E-state index in [1.807, 2.05) is 0 Å². The molecule has 9 heteroatoms. The lowest BCUT2D eigenvalue weighted by molar-refractivity contribution is -0.123. The maximum Gasteiger partial charge on any atom is 0.472 e. The molecule has 47 heavy (non-hydrogen) atoms. The van der Waals surface area contributed by atoms with Crippen LogP contribution in [0.3, 0.4) is 0 Å². The molecular weight excluding hydrogens is 611 g/mol. The van der Waals surface area contributed by atoms with Crippen molar-refractivity contribution >= 4 is 13.7 Å². The summed E-state index contributed by atoms with van der Waals surface area (Å²) in [6, 6.07) is -0.769. The van der Waals surface area contributed by atoms with E-state index in [-0.39, 0.29) is 25.7 Å². The molecule has 0 aliphatic heterocycles. The fourth-order valence-corrected chi connectivity index (χ4v) is 6.60. The van der Waals surface area contributed by atoms with Crippen molar-refractivity contribution in [2.24, 2.45) is 5.73 Å². The molecule has 3 atom stereocenters. The summed E-state index contributed by atoms with van der Waals surface area (Å²) < 4.78 is 22.0. The molecule has 0 aromatic rings. The molecule has 3 unspecified atom stereocenters. The fourth-order valence-electron chi connectivity index (χ4n) is 5.84. The number of nitrogens with two attached hydrogens (primary N) is 1. The third-order valence-corrected chi connectivity index (χ3v) is 9.85. The highest BCUT2D eigenvalue weighted by Gasteiger charge is 2.27. The number of amides is 1. The molecule has 8 nitrogen and oxygen atoms in total. The zero-order valence-electron chi connectivity index (χ0n) is 30.8. The van der Waals surface area contributed by atoms with Gasteiger partial charge in [0, 0.05) is 13.0 Å². The molecule has 5 N–H and O–H groups in total. The number of carbonyl (C=O) groups excluding carboxylic acids is 1. The van der Waals surface area contributed by atoms with Crippen LogP contribution >= 0.6 is 7.82 Å². The van der Waals surface area contributed by atoms with Gasteiger partial charge in [0.05, 0.1) is 25.4 Å². The van der Waals surface area contributed by atoms with Crippen LogP contribution in [0.5, 0.6) is 0 Å². The smallest absolute Gasteiger partial charge is 0.391 e. The van der Waals surface area contributed by atoms with Gasteiger partial charge in [-0.15, -0.1) is 0 Å². The van der Waals surface area contributed by atoms with Crippen LogP contribution in [0.15, 0.2) is 12.2 Å². The van der Waals surface area contributed by atoms with Crippen LogP contribution in [0, 0.1) is 0 Å². The Morgan fingerprint density at radius 1 is 0.681 bits per heavy atom. The van der Waals surface area contributed by atoms with Gasteiger partial charge in [0.2, 0.25) is 5.91 Å². The van der Waals surface area contributed by atoms with E-state index in [9.17, 15) is 19.4 Å². The first kappa shape index (κ1) is 46.2. The van der Waals surface area contributed by atoms with Crippen molar-refractivity contribution in [2.75, 3.05) is 19.8 Å². The predicted molar refractivity (Wildman–Crippen MR) is 198 cm³/mol. The maximum atomic E-state index is 12.7. The number of nitrogens with one attached hydrogen (secondary N) is 1. The minimum absolute atomic E-state index is 0.0896. The molecule has 0 spiro atoms. The van der Waals surface area contributed by atoms with Gasteiger partial charge in [0.25, 0.3) is 0 Å². The van der Waals surface area contributed by atoms with Crippen molar-refractivity contribution in [3.8, 4) is 0 Å². The third-order valence-electron chi connectivity index (χ3n) is 8.87. The second kappa shape index (κ2) is 35.1. The second-order valence-corrected chi connectivity index (χ2v) is 14.9. The second-order valence-electron chi connectivity index (χ2n) is 13.5. The van der Waals surface area contributed by atoms with Crippen molar-refractivity contribution < 1.29 is 28.4 Å². The van der Waals surface area contributed by atoms with Gasteiger partial charge in [-0.3, -0.25) is 13.8 Å². The van der Waals surface area contributed by atoms with Crippen LogP contribution in [0.25, 0.3) is 0 Å². The zero-order valence-corrected chi connectivity index (χ0v) is 31.7. The Hall–Kier alpha value is -0.760. The van der Waals surface area contributed by atoms with E-state index in [1.165, 1.54) is 128 Å². The van der Waals surface area contributed by atoms with Gasteiger partial charge in [0.1, 0.15) is 0 Å². The SMILES string of the molecule is CCCCCCCCCC/C=C\CCCCCCCCCCCC(=O)NC(COP(=O)(O)OCCN)C(O)CCCCCCCCC. The van der Waals surface area contributed by atoms with Crippen LogP contribution in [-0.4, -0.2) is 47.8 Å². The van der Waals surface area contributed by atoms with E-state index >= 15 is 0 Å². The maximum absolute atomic E-state index is 12.7. The number of aliphatic hydroxyl groups is 1. The van der Waals surface area contributed by atoms with Crippen LogP contribution in [0.2, 0.25) is 0 Å². The quantitative estimate of drug-likeness (QED) is 0.0290. The van der Waals surface area contributed by atoms with E-state index in [0.29, 0.717) is 12.8 Å². The number of unbranched alkanes of at least 4 members (excludes halogenated alkanes) is 23. The van der Waals surface area contributed by atoms with E-state index in [4.69, 9.17) is 14.8 Å². The van der Waals surface area contributed by atoms with E-state index in [1.54, 1.807) is 0 Å². The first-order chi connectivity index (χ1) is 22.9. The van der Waals surface area contributed by atoms with Crippen molar-refractivity contribution in [3.05, 3.63) is 12.2 Å². The summed E-state index contributed by atoms with van der Waals surface area (Å²) in [6.45, 7) is 4.16. The van der Waals surface area contributed by atoms with E-state index < -0.39 is 20.0 Å². The van der Waals surface area contributed by atoms with Crippen molar-refractivity contribution in [1.82, 2.24) is 5.32 Å². The number of phosphoric ester groups is 1. The largest absolute Gasteiger partial charge is 0.472 e. The highest BCUT2D eigenvalue weighted by atomic mass is 31.2. The Labute approximate surface area is 290 Å². The number of hydrogen-bond acceptors (Lipinski definition) is 6. The summed E-state index contributed by atoms with van der Waals surface area (Å²) in [5, 5.41) is 13.6. The van der Waals surface area contributed by atoms with Crippen molar-refractivity contribution in [1.29, 1.82) is 0 Å². The standard InChI is InChI=1S/C38H77N2O6P/c1-3-5-7-9-11-12-13-14-15-16-17-18-19-20-21-22-23-24-26-28-30-32-38(42)40-36(35-46-47(43,44)45-34-33-39)37(41)31-29-27-25-10-8-6-4-2/h16-17,36-37,41H,3-15,18-35,39H2,1-2H3,(H,40,42)(H,43,44)/b17-16-. The minimum atomic E-state index is -4.30. The van der Waals surface area contributed by atoms with Gasteiger partial charge in [-0.1, -0.05) is 161 Å². The van der Waals surface area contributed by atoms with E-state index in [0.717, 1.165) is 38.5 Å². The van der Waals surface area contributed by atoms with Gasteiger partial charge in [0.15, 0.2) is 0 Å². The Balaban J connectivity index is 4.00. The summed E-state index contributed by atoms with van der Waals surface area (Å²) in [7, 11) is -4.30. The molecular formula is C38H77N2O6P. The van der Waals surface area contributed by atoms with Gasteiger partial charge in [-0.2, -0.15) is 0 Å². The molecule has 0 fully saturated rings. The monoisotopic (exact) mass is 689 g/mol. The summed E-state index contributed by atoms with van der Waals surface area (Å²) in [6.07, 6.45) is 36.7. The molecule has 0 aromatic carbocycles. The van der Waals surface area contributed by atoms with Gasteiger partial charge in [-0.25, -0.2) is 4.57 Å². The summed E-state index contributed by atoms with van der Waals surface area (Å²) in [5.41, 5.74) is 5.35. The lowest BCUT2D eigenvalue weighted by Gasteiger charge is -2.25. The molecule has 0 heterocycles. The van der Waals surface area contributed by atoms with Gasteiger partial charge >= 0.3 is 7.82 Å². The Bertz CT molecular complexity index is 754. The Morgan fingerprint density at radius 3 is 1.57 bits per heavy atom. The molecule has 0 bridgehead atoms. The Morgan fingerprint density at radius 2 is 1.11 bits per heavy atom. The van der Waals surface area contributed by atoms with Gasteiger partial charge in [-0.05, 0) is 38.5 Å². The highest BCUT2D eigenvalue weighted by Crippen LogP contribution is 2.43. The lowest BCUT2D eigenvalue weighted by atomic mass is 10.0. The lowest BCUT2D eigenvalue weighted by Crippen LogP contribution is -2.46. The Kier molecular flexibility index (Phi) is 34.5. The average molecular weight is 689 g/mol. The molecule has 0 saturated carbocycles. The summed E-state index contributed by atoms with van der Waals surface area (Å²) >= 11 is 0. The minimum Gasteiger partial charge on any atom is -0.391 e. The summed E-state index contributed by atoms with van der Waals surface area (Å²) in [5.74, 6) is -0.167. The third kappa shape index (κ3) is 33.5. The van der Waals surface area contributed by atoms with Crippen LogP contribution in [0.1, 0.15) is 194 Å². The molecule has 1 amide bonds. The first-order valence-corrected chi connectivity index (χ1v) is 21.3. The van der Waals surface area contributed by atoms with Gasteiger partial charge < -0.3 is 21.1 Å². The number of rotatable bonds is 37. The number of allylic oxidation sites excluding steroid dienone is 2. The molecule has 0 saturated heterocycles. The molecule has 0 radical (unpaired) electrons. The van der Waals surface area contributed by atoms with Crippen LogP contribution in [-0.2, 0) is 18.4 Å². The fraction of sp³-hybridized carbons (Fsp3) is 0.921. The van der Waals surface area contributed by atoms with Crippen molar-refractivity contribution in [2.45, 2.75) is 206 Å². The van der Waals surface area contributed by atoms with Crippen molar-refractivity contribution in [3.63, 3.8) is 0 Å². The number of carbonyl (C=O) groups is 1. The molecule has 0 aliphatic rings. The molecule has 0 rings (SSSR count). The predicted octanol–water partition coefficient (Wildman–Crippen LogP) is 10.4. The van der Waals surface area contributed by atoms with Crippen LogP contribution in [0.4, 0.5) is 0 Å². The average Bonchev–Trinajstić information content (AvgIpc) is 3.05. The number of hydrogen-bond donors (Lipinski definition) is 4. The van der Waals surface area contributed by atoms with E-state index in [2.05, 4.69) is 31.3 Å². The topological polar surface area (TPSA) is 131 Å². The normalized spacial score (nSPS) is 14.4. The highest BCUT2D eigenvalue weighted by molar-refractivity contribution is 7.47. The van der Waals surface area contributed by atoms with Crippen LogP contribution < -0.4 is 11.1 Å².